The van der Waals surface area contributed by atoms with E-state index in [0.29, 0.717) is 0 Å². The molecule has 0 saturated heterocycles. The molecule has 0 spiro atoms. The second kappa shape index (κ2) is 18.1. The molecule has 7 aromatic carbocycles. The van der Waals surface area contributed by atoms with Crippen molar-refractivity contribution in [1.82, 2.24) is 9.97 Å². The van der Waals surface area contributed by atoms with Crippen molar-refractivity contribution in [3.63, 3.8) is 0 Å². The zero-order chi connectivity index (χ0) is 45.9. The second-order valence-electron chi connectivity index (χ2n) is 19.2. The number of aromatic nitrogens is 2. The van der Waals surface area contributed by atoms with E-state index >= 15 is 0 Å². The monoisotopic (exact) mass is 990 g/mol. The first-order valence-electron chi connectivity index (χ1n) is 22.9. The van der Waals surface area contributed by atoms with Crippen LogP contribution in [-0.4, -0.2) is 9.97 Å². The van der Waals surface area contributed by atoms with Gasteiger partial charge in [-0.05, 0) is 69.0 Å². The van der Waals surface area contributed by atoms with Gasteiger partial charge in [-0.25, -0.2) is 4.98 Å². The topological polar surface area (TPSA) is 35.5 Å². The first kappa shape index (κ1) is 45.1. The number of hydrogen-bond donors (Lipinski definition) is 0. The molecule has 2 aliphatic heterocycles. The van der Waals surface area contributed by atoms with Crippen molar-refractivity contribution in [1.29, 1.82) is 0 Å². The van der Waals surface area contributed by atoms with Crippen LogP contribution < -0.4 is 14.7 Å². The summed E-state index contributed by atoms with van der Waals surface area (Å²) in [5.41, 5.74) is 18.0. The van der Waals surface area contributed by atoms with Gasteiger partial charge < -0.3 is 14.7 Å². The van der Waals surface area contributed by atoms with Crippen molar-refractivity contribution < 1.29 is 20.4 Å². The third kappa shape index (κ3) is 8.34. The average molecular weight is 992 g/mol. The van der Waals surface area contributed by atoms with Crippen LogP contribution in [0.2, 0.25) is 0 Å². The van der Waals surface area contributed by atoms with E-state index in [9.17, 15) is 0 Å². The van der Waals surface area contributed by atoms with Gasteiger partial charge in [-0.15, -0.1) is 57.7 Å². The molecule has 4 heterocycles. The molecule has 68 heavy (non-hydrogen) atoms. The molecule has 0 saturated carbocycles. The van der Waals surface area contributed by atoms with Gasteiger partial charge in [-0.1, -0.05) is 162 Å². The Kier molecular flexibility index (Phi) is 12.0. The third-order valence-electron chi connectivity index (χ3n) is 12.8. The first-order chi connectivity index (χ1) is 32.5. The van der Waals surface area contributed by atoms with Crippen molar-refractivity contribution in [2.75, 3.05) is 14.7 Å². The molecule has 0 bridgehead atoms. The summed E-state index contributed by atoms with van der Waals surface area (Å²) >= 11 is 1.66. The minimum absolute atomic E-state index is 0. The molecule has 2 aromatic heterocycles. The summed E-state index contributed by atoms with van der Waals surface area (Å²) in [4.78, 5) is 18.2. The van der Waals surface area contributed by atoms with Gasteiger partial charge in [-0.2, -0.15) is 24.3 Å². The van der Waals surface area contributed by atoms with Gasteiger partial charge in [0.1, 0.15) is 5.82 Å². The molecule has 0 atom stereocenters. The molecule has 338 valence electrons. The number of anilines is 7. The summed E-state index contributed by atoms with van der Waals surface area (Å²) in [5, 5.41) is 0. The summed E-state index contributed by atoms with van der Waals surface area (Å²) < 4.78 is 0. The van der Waals surface area contributed by atoms with E-state index in [2.05, 4.69) is 238 Å². The van der Waals surface area contributed by atoms with Crippen LogP contribution in [0.15, 0.2) is 198 Å². The van der Waals surface area contributed by atoms with Crippen molar-refractivity contribution in [3.8, 4) is 44.5 Å². The van der Waals surface area contributed by atoms with E-state index < -0.39 is 0 Å². The summed E-state index contributed by atoms with van der Waals surface area (Å²) in [6.45, 7) is 15.8. The van der Waals surface area contributed by atoms with Gasteiger partial charge in [0.15, 0.2) is 0 Å². The van der Waals surface area contributed by atoms with Gasteiger partial charge >= 0.3 is 0 Å². The number of nitrogens with zero attached hydrogens (tertiary/aromatic N) is 5. The van der Waals surface area contributed by atoms with Crippen LogP contribution in [0.25, 0.3) is 44.5 Å². The van der Waals surface area contributed by atoms with E-state index in [4.69, 9.17) is 4.98 Å². The first-order valence-corrected chi connectivity index (χ1v) is 23.7. The number of para-hydroxylation sites is 3. The molecule has 2 aliphatic rings. The SMILES string of the molecule is CC(C)(C)c1ccc(-c2cccc(-c3ccc(C(C)(C)C)cc3)c2N2[CH-]N(c3[c-]c(Sc4[c-]c5c(cc4)-c4ccccc4-c4cnccc4N5c4ccccn4)ccc3)c3ccccc32)cc1.[Pd]. The zero-order valence-corrected chi connectivity index (χ0v) is 41.3. The zero-order valence-electron chi connectivity index (χ0n) is 38.9. The van der Waals surface area contributed by atoms with Crippen LogP contribution in [0.3, 0.4) is 0 Å². The Morgan fingerprint density at radius 2 is 1.04 bits per heavy atom. The van der Waals surface area contributed by atoms with Crippen molar-refractivity contribution in [2.24, 2.45) is 0 Å². The van der Waals surface area contributed by atoms with Crippen molar-refractivity contribution >= 4 is 51.7 Å². The summed E-state index contributed by atoms with van der Waals surface area (Å²) in [5.74, 6) is 0.817. The molecule has 11 rings (SSSR count). The fraction of sp³-hybridized carbons (Fsp3) is 0.131. The molecule has 0 amide bonds. The van der Waals surface area contributed by atoms with Gasteiger partial charge in [0.2, 0.25) is 0 Å². The Morgan fingerprint density at radius 3 is 1.68 bits per heavy atom. The van der Waals surface area contributed by atoms with E-state index in [1.54, 1.807) is 11.8 Å². The van der Waals surface area contributed by atoms with Crippen LogP contribution in [-0.2, 0) is 31.3 Å². The number of rotatable bonds is 7. The van der Waals surface area contributed by atoms with Crippen LogP contribution in [0, 0.1) is 18.8 Å². The van der Waals surface area contributed by atoms with Crippen LogP contribution in [0.5, 0.6) is 0 Å². The van der Waals surface area contributed by atoms with E-state index in [0.717, 1.165) is 72.0 Å². The molecule has 9 aromatic rings. The van der Waals surface area contributed by atoms with Crippen LogP contribution >= 0.6 is 11.8 Å². The Morgan fingerprint density at radius 1 is 0.471 bits per heavy atom. The number of pyridine rings is 2. The normalized spacial score (nSPS) is 12.9. The third-order valence-corrected chi connectivity index (χ3v) is 13.7. The molecule has 0 unspecified atom stereocenters. The predicted octanol–water partition coefficient (Wildman–Crippen LogP) is 16.7. The van der Waals surface area contributed by atoms with Crippen LogP contribution in [0.4, 0.5) is 39.9 Å². The Hall–Kier alpha value is -6.75. The fourth-order valence-corrected chi connectivity index (χ4v) is 10.1. The molecule has 0 radical (unpaired) electrons. The van der Waals surface area contributed by atoms with Gasteiger partial charge in [-0.3, -0.25) is 4.98 Å². The maximum atomic E-state index is 4.85. The van der Waals surface area contributed by atoms with Gasteiger partial charge in [0.25, 0.3) is 0 Å². The largest absolute Gasteiger partial charge is 0.493 e. The molecule has 7 heteroatoms. The van der Waals surface area contributed by atoms with E-state index in [1.165, 1.54) is 33.4 Å². The maximum absolute atomic E-state index is 4.85. The Balaban J connectivity index is 0.00000539. The maximum Gasteiger partial charge on any atom is 0.135 e. The predicted molar refractivity (Wildman–Crippen MR) is 279 cm³/mol. The Labute approximate surface area is 419 Å². The number of hydrogen-bond acceptors (Lipinski definition) is 6. The molecule has 0 N–H and O–H groups in total. The quantitative estimate of drug-likeness (QED) is 0.117. The van der Waals surface area contributed by atoms with Gasteiger partial charge in [0, 0.05) is 72.8 Å². The smallest absolute Gasteiger partial charge is 0.135 e. The van der Waals surface area contributed by atoms with Gasteiger partial charge in [0.05, 0.1) is 5.69 Å². The molecule has 5 nitrogen and oxygen atoms in total. The standard InChI is InChI=1S/C61H50N5S.Pd/c1-60(2,3)43-28-24-41(25-29-43)48-19-14-20-49(42-26-30-44(31-27-42)61(4,5)6)59(48)65-40-64(55-21-9-10-22-56(55)65)45-15-13-16-46(37-45)67-47-32-33-52-50-17-7-8-18-51(50)53-39-62-36-34-54(53)66(57(52)38-47)58-23-11-12-35-63-58;/h7-36,39-40H,1-6H3;/q-3;. The molecular formula is C61H50N5PdS-3. The van der Waals surface area contributed by atoms with E-state index in [1.807, 2.05) is 30.7 Å². The molecule has 0 fully saturated rings. The van der Waals surface area contributed by atoms with E-state index in [-0.39, 0.29) is 31.3 Å². The average Bonchev–Trinajstić information content (AvgIpc) is 3.68. The fourth-order valence-electron chi connectivity index (χ4n) is 9.31. The van der Waals surface area contributed by atoms with Crippen LogP contribution in [0.1, 0.15) is 52.7 Å². The Bertz CT molecular complexity index is 3210. The minimum atomic E-state index is 0. The van der Waals surface area contributed by atoms with Crippen molar-refractivity contribution in [3.05, 3.63) is 218 Å². The number of benzene rings is 7. The van der Waals surface area contributed by atoms with Crippen molar-refractivity contribution in [2.45, 2.75) is 62.2 Å². The summed E-state index contributed by atoms with van der Waals surface area (Å²) in [6, 6.07) is 68.8. The molecular weight excluding hydrogens is 941 g/mol. The molecule has 0 aliphatic carbocycles. The second-order valence-corrected chi connectivity index (χ2v) is 20.3. The number of fused-ring (bicyclic) bond motifs is 6. The summed E-state index contributed by atoms with van der Waals surface area (Å²) in [7, 11) is 0. The minimum Gasteiger partial charge on any atom is -0.493 e. The summed E-state index contributed by atoms with van der Waals surface area (Å²) in [6.07, 6.45) is 5.65.